The first kappa shape index (κ1) is 11.7. The molecule has 0 atom stereocenters. The largest absolute Gasteiger partial charge is 0.397 e. The van der Waals surface area contributed by atoms with E-state index in [1.165, 1.54) is 17.1 Å². The highest BCUT2D eigenvalue weighted by Gasteiger charge is 2.08. The Labute approximate surface area is 115 Å². The summed E-state index contributed by atoms with van der Waals surface area (Å²) < 4.78 is 0. The topological polar surface area (TPSA) is 65.6 Å². The first-order chi connectivity index (χ1) is 9.28. The number of rotatable bonds is 2. The SMILES string of the molecule is N#Cc1cccc(Sc2cc3ccccc3[nH]2)c1N. The van der Waals surface area contributed by atoms with Crippen LogP contribution in [-0.2, 0) is 0 Å². The standard InChI is InChI=1S/C15H11N3S/c16-9-11-5-3-7-13(15(11)17)19-14-8-10-4-1-2-6-12(10)18-14/h1-8,18H,17H2. The molecule has 0 spiro atoms. The number of benzene rings is 2. The second kappa shape index (κ2) is 4.71. The van der Waals surface area contributed by atoms with Crippen LogP contribution in [0.2, 0.25) is 0 Å². The number of aromatic amines is 1. The van der Waals surface area contributed by atoms with Gasteiger partial charge in [-0.15, -0.1) is 0 Å². The van der Waals surface area contributed by atoms with E-state index in [0.717, 1.165) is 15.4 Å². The van der Waals surface area contributed by atoms with Crippen LogP contribution in [-0.4, -0.2) is 4.98 Å². The van der Waals surface area contributed by atoms with E-state index in [1.54, 1.807) is 6.07 Å². The molecule has 19 heavy (non-hydrogen) atoms. The fourth-order valence-electron chi connectivity index (χ4n) is 1.95. The lowest BCUT2D eigenvalue weighted by Gasteiger charge is -2.04. The molecule has 3 aromatic rings. The van der Waals surface area contributed by atoms with Crippen molar-refractivity contribution in [3.05, 3.63) is 54.1 Å². The lowest BCUT2D eigenvalue weighted by atomic mass is 10.2. The van der Waals surface area contributed by atoms with E-state index < -0.39 is 0 Å². The Hall–Kier alpha value is -2.38. The molecule has 0 fully saturated rings. The molecule has 0 saturated heterocycles. The van der Waals surface area contributed by atoms with Crippen LogP contribution in [0.5, 0.6) is 0 Å². The molecule has 0 aliphatic carbocycles. The monoisotopic (exact) mass is 265 g/mol. The number of aromatic nitrogens is 1. The van der Waals surface area contributed by atoms with Crippen molar-refractivity contribution in [3.8, 4) is 6.07 Å². The molecule has 0 aliphatic rings. The van der Waals surface area contributed by atoms with Gasteiger partial charge in [0.1, 0.15) is 6.07 Å². The van der Waals surface area contributed by atoms with Gasteiger partial charge in [-0.25, -0.2) is 0 Å². The first-order valence-electron chi connectivity index (χ1n) is 5.82. The van der Waals surface area contributed by atoms with Crippen LogP contribution in [0.25, 0.3) is 10.9 Å². The van der Waals surface area contributed by atoms with Crippen LogP contribution in [0, 0.1) is 11.3 Å². The van der Waals surface area contributed by atoms with Gasteiger partial charge < -0.3 is 10.7 Å². The molecule has 3 nitrogen and oxygen atoms in total. The molecular formula is C15H11N3S. The molecule has 1 heterocycles. The van der Waals surface area contributed by atoms with Crippen molar-refractivity contribution in [1.29, 1.82) is 5.26 Å². The Morgan fingerprint density at radius 1 is 1.11 bits per heavy atom. The quantitative estimate of drug-likeness (QED) is 0.693. The van der Waals surface area contributed by atoms with E-state index in [0.29, 0.717) is 11.3 Å². The van der Waals surface area contributed by atoms with Crippen molar-refractivity contribution in [1.82, 2.24) is 4.98 Å². The van der Waals surface area contributed by atoms with Crippen LogP contribution in [0.4, 0.5) is 5.69 Å². The molecule has 1 aromatic heterocycles. The minimum Gasteiger partial charge on any atom is -0.397 e. The number of nitrogen functional groups attached to an aromatic ring is 1. The van der Waals surface area contributed by atoms with Crippen LogP contribution in [0.15, 0.2) is 58.5 Å². The molecule has 0 saturated carbocycles. The van der Waals surface area contributed by atoms with Crippen LogP contribution in [0.3, 0.4) is 0 Å². The van der Waals surface area contributed by atoms with Crippen molar-refractivity contribution in [2.45, 2.75) is 9.92 Å². The van der Waals surface area contributed by atoms with E-state index in [1.807, 2.05) is 30.3 Å². The Balaban J connectivity index is 1.99. The zero-order chi connectivity index (χ0) is 13.2. The highest BCUT2D eigenvalue weighted by Crippen LogP contribution is 2.34. The van der Waals surface area contributed by atoms with Crippen LogP contribution >= 0.6 is 11.8 Å². The molecular weight excluding hydrogens is 254 g/mol. The number of anilines is 1. The summed E-state index contributed by atoms with van der Waals surface area (Å²) in [7, 11) is 0. The minimum absolute atomic E-state index is 0.515. The summed E-state index contributed by atoms with van der Waals surface area (Å²) in [4.78, 5) is 4.23. The number of nitriles is 1. The van der Waals surface area contributed by atoms with Gasteiger partial charge in [0.25, 0.3) is 0 Å². The molecule has 0 unspecified atom stereocenters. The van der Waals surface area contributed by atoms with Crippen molar-refractivity contribution < 1.29 is 0 Å². The summed E-state index contributed by atoms with van der Waals surface area (Å²) in [6, 6.07) is 17.8. The minimum atomic E-state index is 0.515. The molecule has 3 rings (SSSR count). The van der Waals surface area contributed by atoms with Gasteiger partial charge in [-0.05, 0) is 24.3 Å². The van der Waals surface area contributed by atoms with E-state index in [4.69, 9.17) is 11.0 Å². The summed E-state index contributed by atoms with van der Waals surface area (Å²) >= 11 is 1.54. The number of hydrogen-bond donors (Lipinski definition) is 2. The number of fused-ring (bicyclic) bond motifs is 1. The maximum absolute atomic E-state index is 8.98. The molecule has 0 amide bonds. The third-order valence-electron chi connectivity index (χ3n) is 2.91. The molecule has 2 aromatic carbocycles. The summed E-state index contributed by atoms with van der Waals surface area (Å²) in [6.45, 7) is 0. The summed E-state index contributed by atoms with van der Waals surface area (Å²) in [6.07, 6.45) is 0. The van der Waals surface area contributed by atoms with Gasteiger partial charge in [0.2, 0.25) is 0 Å². The number of hydrogen-bond acceptors (Lipinski definition) is 3. The first-order valence-corrected chi connectivity index (χ1v) is 6.64. The highest BCUT2D eigenvalue weighted by atomic mass is 32.2. The maximum atomic E-state index is 8.98. The van der Waals surface area contributed by atoms with E-state index in [-0.39, 0.29) is 0 Å². The van der Waals surface area contributed by atoms with Gasteiger partial charge in [-0.2, -0.15) is 5.26 Å². The van der Waals surface area contributed by atoms with Gasteiger partial charge in [0, 0.05) is 15.8 Å². The number of nitrogens with one attached hydrogen (secondary N) is 1. The lowest BCUT2D eigenvalue weighted by Crippen LogP contribution is -1.92. The van der Waals surface area contributed by atoms with E-state index in [9.17, 15) is 0 Å². The van der Waals surface area contributed by atoms with Gasteiger partial charge in [-0.3, -0.25) is 0 Å². The normalized spacial score (nSPS) is 10.5. The zero-order valence-corrected chi connectivity index (χ0v) is 10.9. The average Bonchev–Trinajstić information content (AvgIpc) is 2.83. The third-order valence-corrected chi connectivity index (χ3v) is 3.93. The maximum Gasteiger partial charge on any atom is 0.101 e. The Morgan fingerprint density at radius 3 is 2.74 bits per heavy atom. The number of H-pyrrole nitrogens is 1. The average molecular weight is 265 g/mol. The Bertz CT molecular complexity index is 750. The van der Waals surface area contributed by atoms with E-state index in [2.05, 4.69) is 23.2 Å². The van der Waals surface area contributed by atoms with Crippen molar-refractivity contribution in [2.75, 3.05) is 5.73 Å². The highest BCUT2D eigenvalue weighted by molar-refractivity contribution is 7.99. The van der Waals surface area contributed by atoms with Crippen molar-refractivity contribution in [2.24, 2.45) is 0 Å². The van der Waals surface area contributed by atoms with Gasteiger partial charge in [0.15, 0.2) is 0 Å². The summed E-state index contributed by atoms with van der Waals surface area (Å²) in [5, 5.41) is 11.2. The fourth-order valence-corrected chi connectivity index (χ4v) is 2.90. The zero-order valence-electron chi connectivity index (χ0n) is 10.1. The van der Waals surface area contributed by atoms with Crippen LogP contribution in [0.1, 0.15) is 5.56 Å². The predicted octanol–water partition coefficient (Wildman–Crippen LogP) is 3.77. The van der Waals surface area contributed by atoms with E-state index >= 15 is 0 Å². The van der Waals surface area contributed by atoms with Gasteiger partial charge in [-0.1, -0.05) is 36.0 Å². The van der Waals surface area contributed by atoms with Gasteiger partial charge in [0.05, 0.1) is 16.3 Å². The number of nitrogens with zero attached hydrogens (tertiary/aromatic N) is 1. The molecule has 4 heteroatoms. The fraction of sp³-hybridized carbons (Fsp3) is 0. The summed E-state index contributed by atoms with van der Waals surface area (Å²) in [5.41, 5.74) is 8.13. The molecule has 0 bridgehead atoms. The van der Waals surface area contributed by atoms with Crippen molar-refractivity contribution in [3.63, 3.8) is 0 Å². The second-order valence-electron chi connectivity index (χ2n) is 4.15. The smallest absolute Gasteiger partial charge is 0.101 e. The summed E-state index contributed by atoms with van der Waals surface area (Å²) in [5.74, 6) is 0. The lowest BCUT2D eigenvalue weighted by molar-refractivity contribution is 1.23. The molecule has 92 valence electrons. The van der Waals surface area contributed by atoms with Crippen LogP contribution < -0.4 is 5.73 Å². The molecule has 0 radical (unpaired) electrons. The molecule has 0 aliphatic heterocycles. The Morgan fingerprint density at radius 2 is 1.95 bits per heavy atom. The Kier molecular flexibility index (Phi) is 2.90. The molecule has 3 N–H and O–H groups in total. The van der Waals surface area contributed by atoms with Gasteiger partial charge >= 0.3 is 0 Å². The second-order valence-corrected chi connectivity index (χ2v) is 5.24. The predicted molar refractivity (Wildman–Crippen MR) is 78.0 cm³/mol. The third kappa shape index (κ3) is 2.16. The number of para-hydroxylation sites is 2. The van der Waals surface area contributed by atoms with Crippen molar-refractivity contribution >= 4 is 28.4 Å². The number of nitrogens with two attached hydrogens (primary N) is 1.